The largest absolute Gasteiger partial charge is 0.394 e. The highest BCUT2D eigenvalue weighted by Crippen LogP contribution is 2.68. The lowest BCUT2D eigenvalue weighted by molar-refractivity contribution is -0.142. The zero-order valence-corrected chi connectivity index (χ0v) is 20.0. The number of thioether (sulfide) groups is 1. The molecule has 1 aliphatic carbocycles. The maximum absolute atomic E-state index is 13.7. The summed E-state index contributed by atoms with van der Waals surface area (Å²) in [6.07, 6.45) is 6.60. The molecular formula is C21H32BrN3O4S. The second-order valence-electron chi connectivity index (χ2n) is 9.11. The van der Waals surface area contributed by atoms with Crippen LogP contribution in [-0.2, 0) is 14.4 Å². The molecule has 1 spiro atoms. The van der Waals surface area contributed by atoms with Gasteiger partial charge in [0.2, 0.25) is 17.7 Å². The van der Waals surface area contributed by atoms with Crippen molar-refractivity contribution in [2.45, 2.75) is 84.8 Å². The predicted octanol–water partition coefficient (Wildman–Crippen LogP) is 1.42. The molecule has 4 aliphatic rings. The molecule has 3 aliphatic heterocycles. The highest BCUT2D eigenvalue weighted by molar-refractivity contribution is 9.09. The first-order valence-corrected chi connectivity index (χ1v) is 13.0. The molecule has 0 aromatic rings. The summed E-state index contributed by atoms with van der Waals surface area (Å²) >= 11 is 5.38. The van der Waals surface area contributed by atoms with Crippen molar-refractivity contribution in [3.8, 4) is 0 Å². The van der Waals surface area contributed by atoms with Crippen molar-refractivity contribution >= 4 is 45.4 Å². The molecule has 2 bridgehead atoms. The van der Waals surface area contributed by atoms with E-state index in [0.717, 1.165) is 25.7 Å². The molecule has 3 saturated heterocycles. The number of likely N-dealkylation sites (tertiary alicyclic amines) is 1. The van der Waals surface area contributed by atoms with Gasteiger partial charge < -0.3 is 20.6 Å². The molecule has 3 N–H and O–H groups in total. The van der Waals surface area contributed by atoms with Gasteiger partial charge in [-0.1, -0.05) is 42.1 Å². The van der Waals surface area contributed by atoms with E-state index in [2.05, 4.69) is 26.6 Å². The normalized spacial score (nSPS) is 39.1. The number of hydrogen-bond acceptors (Lipinski definition) is 5. The third-order valence-corrected chi connectivity index (χ3v) is 10.8. The van der Waals surface area contributed by atoms with Crippen molar-refractivity contribution in [3.63, 3.8) is 0 Å². The summed E-state index contributed by atoms with van der Waals surface area (Å²) in [5.74, 6) is -1.39. The van der Waals surface area contributed by atoms with Crippen molar-refractivity contribution in [2.24, 2.45) is 11.8 Å². The van der Waals surface area contributed by atoms with Crippen LogP contribution in [0, 0.1) is 11.8 Å². The molecule has 1 saturated carbocycles. The number of aliphatic hydroxyl groups excluding tert-OH is 1. The average molecular weight is 502 g/mol. The first-order chi connectivity index (χ1) is 14.4. The van der Waals surface area contributed by atoms with E-state index < -0.39 is 28.7 Å². The zero-order chi connectivity index (χ0) is 21.6. The quantitative estimate of drug-likeness (QED) is 0.478. The maximum atomic E-state index is 13.7. The minimum absolute atomic E-state index is 0.0276. The lowest BCUT2D eigenvalue weighted by Crippen LogP contribution is -2.58. The van der Waals surface area contributed by atoms with Gasteiger partial charge in [0.15, 0.2) is 0 Å². The van der Waals surface area contributed by atoms with Crippen LogP contribution in [0.4, 0.5) is 0 Å². The monoisotopic (exact) mass is 501 g/mol. The Kier molecular flexibility index (Phi) is 6.43. The second-order valence-corrected chi connectivity index (χ2v) is 11.8. The van der Waals surface area contributed by atoms with Gasteiger partial charge in [-0.2, -0.15) is 0 Å². The number of fused-ring (bicyclic) bond motifs is 1. The number of amides is 3. The number of alkyl halides is 1. The summed E-state index contributed by atoms with van der Waals surface area (Å²) in [6.45, 7) is 1.74. The molecule has 0 aromatic carbocycles. The third kappa shape index (κ3) is 3.30. The Labute approximate surface area is 190 Å². The summed E-state index contributed by atoms with van der Waals surface area (Å²) in [7, 11) is 1.60. The molecule has 4 fully saturated rings. The molecule has 3 unspecified atom stereocenters. The van der Waals surface area contributed by atoms with Gasteiger partial charge in [-0.3, -0.25) is 14.4 Å². The Morgan fingerprint density at radius 2 is 2.00 bits per heavy atom. The molecule has 7 nitrogen and oxygen atoms in total. The highest BCUT2D eigenvalue weighted by atomic mass is 79.9. The van der Waals surface area contributed by atoms with Gasteiger partial charge in [-0.25, -0.2) is 0 Å². The minimum atomic E-state index is -0.654. The van der Waals surface area contributed by atoms with Crippen molar-refractivity contribution in [3.05, 3.63) is 0 Å². The SMILES string of the molecule is CC[C@@H](CO)N1C(=O)[C@@H]2[C@@H](C(=O)NC)[C@@H]3SC2(CC3Br)C1C(=O)NC1CCCCC1. The topological polar surface area (TPSA) is 98.7 Å². The molecule has 3 heterocycles. The maximum Gasteiger partial charge on any atom is 0.244 e. The summed E-state index contributed by atoms with van der Waals surface area (Å²) in [4.78, 5) is 41.9. The van der Waals surface area contributed by atoms with E-state index >= 15 is 0 Å². The third-order valence-electron chi connectivity index (χ3n) is 7.55. The van der Waals surface area contributed by atoms with Crippen LogP contribution in [0.5, 0.6) is 0 Å². The Morgan fingerprint density at radius 1 is 1.30 bits per heavy atom. The van der Waals surface area contributed by atoms with Gasteiger partial charge in [0.05, 0.1) is 29.2 Å². The number of carbonyl (C=O) groups is 3. The van der Waals surface area contributed by atoms with E-state index in [1.807, 2.05) is 6.92 Å². The summed E-state index contributed by atoms with van der Waals surface area (Å²) in [5.41, 5.74) is 0. The molecule has 7 atom stereocenters. The van der Waals surface area contributed by atoms with E-state index in [1.165, 1.54) is 6.42 Å². The van der Waals surface area contributed by atoms with Crippen LogP contribution in [0.15, 0.2) is 0 Å². The number of carbonyl (C=O) groups excluding carboxylic acids is 3. The number of halogens is 1. The van der Waals surface area contributed by atoms with Crippen molar-refractivity contribution in [2.75, 3.05) is 13.7 Å². The van der Waals surface area contributed by atoms with Gasteiger partial charge in [-0.15, -0.1) is 11.8 Å². The Morgan fingerprint density at radius 3 is 2.60 bits per heavy atom. The molecule has 0 aromatic heterocycles. The van der Waals surface area contributed by atoms with E-state index in [1.54, 1.807) is 23.7 Å². The Balaban J connectivity index is 1.72. The van der Waals surface area contributed by atoms with Gasteiger partial charge in [-0.05, 0) is 25.7 Å². The predicted molar refractivity (Wildman–Crippen MR) is 119 cm³/mol. The molecule has 3 amide bonds. The van der Waals surface area contributed by atoms with Crippen LogP contribution >= 0.6 is 27.7 Å². The summed E-state index contributed by atoms with van der Waals surface area (Å²) in [6, 6.07) is -0.928. The number of nitrogens with zero attached hydrogens (tertiary/aromatic N) is 1. The Hall–Kier alpha value is -0.800. The van der Waals surface area contributed by atoms with Gasteiger partial charge in [0.25, 0.3) is 0 Å². The number of rotatable bonds is 6. The molecule has 168 valence electrons. The standard InChI is InChI=1S/C21H32BrN3O4S/c1-3-12(10-26)25-17(19(28)24-11-7-5-4-6-8-11)21-9-13(22)16(30-21)14(18(27)23-2)15(21)20(25)29/h11-17,26H,3-10H2,1-2H3,(H,23,27)(H,24,28)/t12-,13?,14+,15-,16+,17?,21?/m0/s1. The van der Waals surface area contributed by atoms with Crippen molar-refractivity contribution < 1.29 is 19.5 Å². The van der Waals surface area contributed by atoms with E-state index in [9.17, 15) is 19.5 Å². The van der Waals surface area contributed by atoms with Crippen molar-refractivity contribution in [1.82, 2.24) is 15.5 Å². The fraction of sp³-hybridized carbons (Fsp3) is 0.857. The van der Waals surface area contributed by atoms with Crippen LogP contribution in [0.25, 0.3) is 0 Å². The highest BCUT2D eigenvalue weighted by Gasteiger charge is 2.76. The van der Waals surface area contributed by atoms with E-state index in [0.29, 0.717) is 12.8 Å². The smallest absolute Gasteiger partial charge is 0.244 e. The Bertz CT molecular complexity index is 714. The van der Waals surface area contributed by atoms with Crippen LogP contribution in [0.1, 0.15) is 51.9 Å². The van der Waals surface area contributed by atoms with Crippen LogP contribution in [-0.4, -0.2) is 74.3 Å². The first kappa shape index (κ1) is 22.4. The summed E-state index contributed by atoms with van der Waals surface area (Å²) < 4.78 is -0.631. The first-order valence-electron chi connectivity index (χ1n) is 11.2. The number of hydrogen-bond donors (Lipinski definition) is 3. The fourth-order valence-corrected chi connectivity index (χ4v) is 9.77. The zero-order valence-electron chi connectivity index (χ0n) is 17.6. The van der Waals surface area contributed by atoms with Crippen LogP contribution in [0.2, 0.25) is 0 Å². The average Bonchev–Trinajstić information content (AvgIpc) is 3.33. The van der Waals surface area contributed by atoms with Gasteiger partial charge in [0, 0.05) is 23.2 Å². The minimum Gasteiger partial charge on any atom is -0.394 e. The number of nitrogens with one attached hydrogen (secondary N) is 2. The van der Waals surface area contributed by atoms with Gasteiger partial charge in [0.1, 0.15) is 6.04 Å². The van der Waals surface area contributed by atoms with E-state index in [4.69, 9.17) is 0 Å². The van der Waals surface area contributed by atoms with E-state index in [-0.39, 0.29) is 40.4 Å². The fourth-order valence-electron chi connectivity index (χ4n) is 6.17. The van der Waals surface area contributed by atoms with Gasteiger partial charge >= 0.3 is 0 Å². The second kappa shape index (κ2) is 8.62. The van der Waals surface area contributed by atoms with Crippen molar-refractivity contribution in [1.29, 1.82) is 0 Å². The van der Waals surface area contributed by atoms with Crippen LogP contribution < -0.4 is 10.6 Å². The van der Waals surface area contributed by atoms with Crippen LogP contribution in [0.3, 0.4) is 0 Å². The molecule has 30 heavy (non-hydrogen) atoms. The molecule has 4 rings (SSSR count). The summed E-state index contributed by atoms with van der Waals surface area (Å²) in [5, 5.41) is 15.9. The lowest BCUT2D eigenvalue weighted by Gasteiger charge is -2.38. The lowest BCUT2D eigenvalue weighted by atomic mass is 9.70. The molecular weight excluding hydrogens is 470 g/mol. The molecule has 0 radical (unpaired) electrons. The number of aliphatic hydroxyl groups is 1. The molecule has 9 heteroatoms.